The van der Waals surface area contributed by atoms with E-state index in [1.54, 1.807) is 0 Å². The molecular formula is C17H23IN4. The number of likely N-dealkylation sites (tertiary alicyclic amines) is 1. The van der Waals surface area contributed by atoms with Crippen molar-refractivity contribution in [2.75, 3.05) is 13.1 Å². The van der Waals surface area contributed by atoms with Gasteiger partial charge in [-0.15, -0.1) is 24.0 Å². The van der Waals surface area contributed by atoms with Gasteiger partial charge in [0.2, 0.25) is 0 Å². The van der Waals surface area contributed by atoms with Crippen molar-refractivity contribution in [3.8, 4) is 0 Å². The van der Waals surface area contributed by atoms with Crippen LogP contribution in [0.3, 0.4) is 0 Å². The second-order valence-corrected chi connectivity index (χ2v) is 5.85. The van der Waals surface area contributed by atoms with E-state index < -0.39 is 0 Å². The topological polar surface area (TPSA) is 54.5 Å². The van der Waals surface area contributed by atoms with Crippen molar-refractivity contribution < 1.29 is 0 Å². The number of halogens is 1. The molecule has 1 saturated heterocycles. The molecule has 1 aliphatic heterocycles. The first-order chi connectivity index (χ1) is 10.2. The average Bonchev–Trinajstić information content (AvgIpc) is 2.52. The standard InChI is InChI=1S/C17H22N4.HI/c1-13-5-4-10-21(12-13)17(18)20-11-16-15-7-3-2-6-14(15)8-9-19-16;/h2-3,6-9,13H,4-5,10-12H2,1H3,(H2,18,20);1H. The van der Waals surface area contributed by atoms with E-state index in [4.69, 9.17) is 5.73 Å². The third kappa shape index (κ3) is 3.88. The fourth-order valence-electron chi connectivity index (χ4n) is 2.96. The van der Waals surface area contributed by atoms with Crippen molar-refractivity contribution in [1.82, 2.24) is 9.88 Å². The predicted octanol–water partition coefficient (Wildman–Crippen LogP) is 3.40. The van der Waals surface area contributed by atoms with Gasteiger partial charge in [0.05, 0.1) is 12.2 Å². The van der Waals surface area contributed by atoms with Gasteiger partial charge in [-0.25, -0.2) is 4.99 Å². The molecule has 1 aromatic heterocycles. The first kappa shape index (κ1) is 17.0. The normalized spacial score (nSPS) is 19.0. The third-order valence-corrected chi connectivity index (χ3v) is 4.13. The molecule has 2 aromatic rings. The van der Waals surface area contributed by atoms with Crippen LogP contribution in [-0.2, 0) is 6.54 Å². The van der Waals surface area contributed by atoms with Crippen LogP contribution in [-0.4, -0.2) is 28.9 Å². The lowest BCUT2D eigenvalue weighted by Gasteiger charge is -2.31. The molecule has 1 aromatic carbocycles. The molecule has 0 saturated carbocycles. The Kier molecular flexibility index (Phi) is 5.99. The Morgan fingerprint density at radius 2 is 2.18 bits per heavy atom. The number of aliphatic imine (C=N–C) groups is 1. The van der Waals surface area contributed by atoms with E-state index in [-0.39, 0.29) is 24.0 Å². The lowest BCUT2D eigenvalue weighted by Crippen LogP contribution is -2.43. The molecule has 2 heterocycles. The van der Waals surface area contributed by atoms with E-state index >= 15 is 0 Å². The van der Waals surface area contributed by atoms with Crippen molar-refractivity contribution >= 4 is 40.7 Å². The van der Waals surface area contributed by atoms with Gasteiger partial charge in [0.15, 0.2) is 5.96 Å². The number of nitrogens with zero attached hydrogens (tertiary/aromatic N) is 3. The van der Waals surface area contributed by atoms with Crippen LogP contribution in [0.2, 0.25) is 0 Å². The Morgan fingerprint density at radius 3 is 3.00 bits per heavy atom. The summed E-state index contributed by atoms with van der Waals surface area (Å²) in [7, 11) is 0. The van der Waals surface area contributed by atoms with Gasteiger partial charge >= 0.3 is 0 Å². The Balaban J connectivity index is 0.00000176. The second kappa shape index (κ2) is 7.76. The number of pyridine rings is 1. The van der Waals surface area contributed by atoms with E-state index in [9.17, 15) is 0 Å². The van der Waals surface area contributed by atoms with Gasteiger partial charge in [-0.2, -0.15) is 0 Å². The third-order valence-electron chi connectivity index (χ3n) is 4.13. The summed E-state index contributed by atoms with van der Waals surface area (Å²) in [5.74, 6) is 1.35. The zero-order valence-corrected chi connectivity index (χ0v) is 15.2. The molecule has 1 aliphatic rings. The monoisotopic (exact) mass is 410 g/mol. The molecule has 1 fully saturated rings. The van der Waals surface area contributed by atoms with Gasteiger partial charge in [0, 0.05) is 24.7 Å². The van der Waals surface area contributed by atoms with Crippen LogP contribution < -0.4 is 5.73 Å². The van der Waals surface area contributed by atoms with Gasteiger partial charge in [-0.3, -0.25) is 4.98 Å². The average molecular weight is 410 g/mol. The molecule has 1 atom stereocenters. The number of hydrogen-bond donors (Lipinski definition) is 1. The first-order valence-electron chi connectivity index (χ1n) is 7.61. The maximum Gasteiger partial charge on any atom is 0.191 e. The van der Waals surface area contributed by atoms with E-state index in [0.717, 1.165) is 24.2 Å². The number of hydrogen-bond acceptors (Lipinski definition) is 2. The highest BCUT2D eigenvalue weighted by atomic mass is 127. The Bertz CT molecular complexity index is 651. The molecule has 2 N–H and O–H groups in total. The molecule has 118 valence electrons. The van der Waals surface area contributed by atoms with Crippen LogP contribution in [0.1, 0.15) is 25.5 Å². The van der Waals surface area contributed by atoms with Gasteiger partial charge in [0.1, 0.15) is 0 Å². The van der Waals surface area contributed by atoms with Crippen molar-refractivity contribution in [3.05, 3.63) is 42.2 Å². The quantitative estimate of drug-likeness (QED) is 0.469. The summed E-state index contributed by atoms with van der Waals surface area (Å²) < 4.78 is 0. The fraction of sp³-hybridized carbons (Fsp3) is 0.412. The number of nitrogens with two attached hydrogens (primary N) is 1. The molecule has 22 heavy (non-hydrogen) atoms. The van der Waals surface area contributed by atoms with E-state index in [0.29, 0.717) is 18.4 Å². The summed E-state index contributed by atoms with van der Waals surface area (Å²) in [6.45, 7) is 4.84. The number of benzene rings is 1. The molecular weight excluding hydrogens is 387 g/mol. The number of piperidine rings is 1. The van der Waals surface area contributed by atoms with Crippen LogP contribution >= 0.6 is 24.0 Å². The SMILES string of the molecule is CC1CCCN(C(N)=NCc2nccc3ccccc23)C1.I. The van der Waals surface area contributed by atoms with Crippen molar-refractivity contribution in [2.24, 2.45) is 16.6 Å². The van der Waals surface area contributed by atoms with Gasteiger partial charge in [-0.1, -0.05) is 31.2 Å². The lowest BCUT2D eigenvalue weighted by molar-refractivity contribution is 0.270. The molecule has 3 rings (SSSR count). The maximum absolute atomic E-state index is 6.15. The summed E-state index contributed by atoms with van der Waals surface area (Å²) in [6.07, 6.45) is 4.32. The first-order valence-corrected chi connectivity index (χ1v) is 7.61. The second-order valence-electron chi connectivity index (χ2n) is 5.85. The van der Waals surface area contributed by atoms with Crippen molar-refractivity contribution in [1.29, 1.82) is 0 Å². The summed E-state index contributed by atoms with van der Waals surface area (Å²) in [4.78, 5) is 11.2. The summed E-state index contributed by atoms with van der Waals surface area (Å²) in [5.41, 5.74) is 7.14. The highest BCUT2D eigenvalue weighted by molar-refractivity contribution is 14.0. The molecule has 0 bridgehead atoms. The van der Waals surface area contributed by atoms with E-state index in [1.807, 2.05) is 24.4 Å². The molecule has 1 unspecified atom stereocenters. The van der Waals surface area contributed by atoms with Crippen LogP contribution in [0.4, 0.5) is 0 Å². The van der Waals surface area contributed by atoms with E-state index in [1.165, 1.54) is 18.2 Å². The minimum absolute atomic E-state index is 0. The highest BCUT2D eigenvalue weighted by Crippen LogP contribution is 2.18. The zero-order valence-electron chi connectivity index (χ0n) is 12.9. The minimum atomic E-state index is 0. The van der Waals surface area contributed by atoms with E-state index in [2.05, 4.69) is 33.9 Å². The molecule has 0 radical (unpaired) electrons. The minimum Gasteiger partial charge on any atom is -0.370 e. The number of rotatable bonds is 2. The lowest BCUT2D eigenvalue weighted by atomic mass is 10.0. The Labute approximate surface area is 148 Å². The zero-order chi connectivity index (χ0) is 14.7. The van der Waals surface area contributed by atoms with Crippen molar-refractivity contribution in [2.45, 2.75) is 26.3 Å². The highest BCUT2D eigenvalue weighted by Gasteiger charge is 2.17. The molecule has 4 nitrogen and oxygen atoms in total. The van der Waals surface area contributed by atoms with Gasteiger partial charge < -0.3 is 10.6 Å². The molecule has 0 amide bonds. The Morgan fingerprint density at radius 1 is 1.36 bits per heavy atom. The molecule has 0 aliphatic carbocycles. The number of aromatic nitrogens is 1. The van der Waals surface area contributed by atoms with Crippen LogP contribution in [0.25, 0.3) is 10.8 Å². The summed E-state index contributed by atoms with van der Waals surface area (Å²) in [6, 6.07) is 10.3. The summed E-state index contributed by atoms with van der Waals surface area (Å²) in [5, 5.41) is 2.35. The smallest absolute Gasteiger partial charge is 0.191 e. The largest absolute Gasteiger partial charge is 0.370 e. The summed E-state index contributed by atoms with van der Waals surface area (Å²) >= 11 is 0. The molecule has 5 heteroatoms. The van der Waals surface area contributed by atoms with Crippen LogP contribution in [0, 0.1) is 5.92 Å². The van der Waals surface area contributed by atoms with Crippen molar-refractivity contribution in [3.63, 3.8) is 0 Å². The number of fused-ring (bicyclic) bond motifs is 1. The predicted molar refractivity (Wildman–Crippen MR) is 102 cm³/mol. The molecule has 0 spiro atoms. The maximum atomic E-state index is 6.15. The van der Waals surface area contributed by atoms with Crippen LogP contribution in [0.5, 0.6) is 0 Å². The number of guanidine groups is 1. The van der Waals surface area contributed by atoms with Gasteiger partial charge in [-0.05, 0) is 30.2 Å². The fourth-order valence-corrected chi connectivity index (χ4v) is 2.96. The van der Waals surface area contributed by atoms with Gasteiger partial charge in [0.25, 0.3) is 0 Å². The Hall–Kier alpha value is -1.37. The van der Waals surface area contributed by atoms with Crippen LogP contribution in [0.15, 0.2) is 41.5 Å².